The monoisotopic (exact) mass is 231 g/mol. The van der Waals surface area contributed by atoms with Crippen LogP contribution in [0, 0.1) is 0 Å². The summed E-state index contributed by atoms with van der Waals surface area (Å²) < 4.78 is 0. The molecule has 1 amide bonds. The zero-order valence-electron chi connectivity index (χ0n) is 9.42. The summed E-state index contributed by atoms with van der Waals surface area (Å²) in [7, 11) is 0. The zero-order valence-corrected chi connectivity index (χ0v) is 9.42. The molecule has 2 N–H and O–H groups in total. The maximum atomic E-state index is 11.7. The fourth-order valence-electron chi connectivity index (χ4n) is 1.41. The Bertz CT molecular complexity index is 542. The van der Waals surface area contributed by atoms with Crippen LogP contribution >= 0.6 is 0 Å². The number of rotatable bonds is 3. The summed E-state index contributed by atoms with van der Waals surface area (Å²) in [6.45, 7) is 1.61. The first-order chi connectivity index (χ1) is 8.20. The van der Waals surface area contributed by atoms with E-state index in [2.05, 4.69) is 15.3 Å². The van der Waals surface area contributed by atoms with Crippen LogP contribution in [0.25, 0.3) is 11.0 Å². The number of nitrogens with zero attached hydrogens (tertiary/aromatic N) is 2. The molecule has 0 aliphatic heterocycles. The van der Waals surface area contributed by atoms with Crippen molar-refractivity contribution < 1.29 is 9.90 Å². The number of hydrogen-bond donors (Lipinski definition) is 2. The first-order valence-electron chi connectivity index (χ1n) is 5.34. The first-order valence-corrected chi connectivity index (χ1v) is 5.34. The standard InChI is InChI=1S/C12H13N3O2/c1-8(7-16)14-12(17)11-6-13-9-4-2-3-5-10(9)15-11/h2-6,8,16H,7H2,1H3,(H,14,17). The lowest BCUT2D eigenvalue weighted by atomic mass is 10.3. The average molecular weight is 231 g/mol. The number of carbonyl (C=O) groups excluding carboxylic acids is 1. The van der Waals surface area contributed by atoms with Crippen molar-refractivity contribution in [2.75, 3.05) is 6.61 Å². The molecule has 1 aromatic carbocycles. The summed E-state index contributed by atoms with van der Waals surface area (Å²) in [5, 5.41) is 11.5. The van der Waals surface area contributed by atoms with E-state index in [-0.39, 0.29) is 24.2 Å². The maximum absolute atomic E-state index is 11.7. The van der Waals surface area contributed by atoms with Crippen molar-refractivity contribution in [1.82, 2.24) is 15.3 Å². The molecule has 0 aliphatic carbocycles. The van der Waals surface area contributed by atoms with Gasteiger partial charge in [0, 0.05) is 6.04 Å². The van der Waals surface area contributed by atoms with Gasteiger partial charge in [0.25, 0.3) is 5.91 Å². The van der Waals surface area contributed by atoms with Crippen molar-refractivity contribution in [1.29, 1.82) is 0 Å². The number of aromatic nitrogens is 2. The second-order valence-corrected chi connectivity index (χ2v) is 3.80. The molecule has 1 heterocycles. The number of amides is 1. The van der Waals surface area contributed by atoms with Gasteiger partial charge in [0.15, 0.2) is 0 Å². The molecule has 0 bridgehead atoms. The zero-order chi connectivity index (χ0) is 12.3. The fourth-order valence-corrected chi connectivity index (χ4v) is 1.41. The first kappa shape index (κ1) is 11.5. The summed E-state index contributed by atoms with van der Waals surface area (Å²) in [6.07, 6.45) is 1.43. The lowest BCUT2D eigenvalue weighted by Crippen LogP contribution is -2.35. The normalized spacial score (nSPS) is 12.4. The van der Waals surface area contributed by atoms with Crippen LogP contribution in [0.5, 0.6) is 0 Å². The highest BCUT2D eigenvalue weighted by molar-refractivity contribution is 5.93. The van der Waals surface area contributed by atoms with Crippen molar-refractivity contribution in [2.24, 2.45) is 0 Å². The van der Waals surface area contributed by atoms with Crippen LogP contribution in [0.3, 0.4) is 0 Å². The summed E-state index contributed by atoms with van der Waals surface area (Å²) in [5.41, 5.74) is 1.68. The summed E-state index contributed by atoms with van der Waals surface area (Å²) >= 11 is 0. The van der Waals surface area contributed by atoms with Crippen LogP contribution in [0.15, 0.2) is 30.5 Å². The van der Waals surface area contributed by atoms with Gasteiger partial charge >= 0.3 is 0 Å². The third-order valence-electron chi connectivity index (χ3n) is 2.33. The molecule has 2 rings (SSSR count). The molecule has 0 aliphatic rings. The third kappa shape index (κ3) is 2.57. The van der Waals surface area contributed by atoms with Crippen molar-refractivity contribution in [3.8, 4) is 0 Å². The van der Waals surface area contributed by atoms with E-state index in [0.29, 0.717) is 5.52 Å². The minimum absolute atomic E-state index is 0.104. The Morgan fingerprint density at radius 3 is 2.82 bits per heavy atom. The molecule has 0 saturated carbocycles. The molecule has 0 spiro atoms. The number of aliphatic hydroxyl groups excluding tert-OH is 1. The number of carbonyl (C=O) groups is 1. The predicted octanol–water partition coefficient (Wildman–Crippen LogP) is 0.740. The Morgan fingerprint density at radius 1 is 1.41 bits per heavy atom. The SMILES string of the molecule is CC(CO)NC(=O)c1cnc2ccccc2n1. The molecule has 0 radical (unpaired) electrons. The second kappa shape index (κ2) is 4.88. The lowest BCUT2D eigenvalue weighted by molar-refractivity contribution is 0.0917. The van der Waals surface area contributed by atoms with E-state index in [1.807, 2.05) is 18.2 Å². The van der Waals surface area contributed by atoms with E-state index < -0.39 is 0 Å². The number of benzene rings is 1. The van der Waals surface area contributed by atoms with Crippen LogP contribution in [0.4, 0.5) is 0 Å². The van der Waals surface area contributed by atoms with Gasteiger partial charge in [0.2, 0.25) is 0 Å². The van der Waals surface area contributed by atoms with E-state index in [1.165, 1.54) is 6.20 Å². The summed E-state index contributed by atoms with van der Waals surface area (Å²) in [6, 6.07) is 7.05. The molecule has 5 heteroatoms. The number of fused-ring (bicyclic) bond motifs is 1. The second-order valence-electron chi connectivity index (χ2n) is 3.80. The Morgan fingerprint density at radius 2 is 2.12 bits per heavy atom. The third-order valence-corrected chi connectivity index (χ3v) is 2.33. The Kier molecular flexibility index (Phi) is 3.30. The molecule has 17 heavy (non-hydrogen) atoms. The highest BCUT2D eigenvalue weighted by Crippen LogP contribution is 2.08. The van der Waals surface area contributed by atoms with Crippen LogP contribution in [0.1, 0.15) is 17.4 Å². The molecule has 0 saturated heterocycles. The van der Waals surface area contributed by atoms with E-state index in [1.54, 1.807) is 13.0 Å². The van der Waals surface area contributed by atoms with Crippen LogP contribution in [-0.4, -0.2) is 33.6 Å². The van der Waals surface area contributed by atoms with E-state index in [4.69, 9.17) is 5.11 Å². The van der Waals surface area contributed by atoms with Crippen molar-refractivity contribution >= 4 is 16.9 Å². The quantitative estimate of drug-likeness (QED) is 0.817. The van der Waals surface area contributed by atoms with Crippen LogP contribution < -0.4 is 5.32 Å². The molecule has 88 valence electrons. The number of aliphatic hydroxyl groups is 1. The van der Waals surface area contributed by atoms with Gasteiger partial charge in [0.1, 0.15) is 5.69 Å². The molecular formula is C12H13N3O2. The predicted molar refractivity (Wildman–Crippen MR) is 63.6 cm³/mol. The number of para-hydroxylation sites is 2. The lowest BCUT2D eigenvalue weighted by Gasteiger charge is -2.10. The van der Waals surface area contributed by atoms with E-state index in [0.717, 1.165) is 5.52 Å². The highest BCUT2D eigenvalue weighted by Gasteiger charge is 2.11. The van der Waals surface area contributed by atoms with Gasteiger partial charge in [-0.1, -0.05) is 12.1 Å². The molecular weight excluding hydrogens is 218 g/mol. The van der Waals surface area contributed by atoms with Gasteiger partial charge in [-0.2, -0.15) is 0 Å². The smallest absolute Gasteiger partial charge is 0.271 e. The van der Waals surface area contributed by atoms with Gasteiger partial charge in [-0.05, 0) is 19.1 Å². The Labute approximate surface area is 98.5 Å². The summed E-state index contributed by atoms with van der Waals surface area (Å²) in [5.74, 6) is -0.329. The highest BCUT2D eigenvalue weighted by atomic mass is 16.3. The van der Waals surface area contributed by atoms with Gasteiger partial charge in [0.05, 0.1) is 23.8 Å². The number of hydrogen-bond acceptors (Lipinski definition) is 4. The van der Waals surface area contributed by atoms with E-state index in [9.17, 15) is 4.79 Å². The molecule has 1 atom stereocenters. The van der Waals surface area contributed by atoms with Gasteiger partial charge < -0.3 is 10.4 Å². The van der Waals surface area contributed by atoms with Gasteiger partial charge in [-0.15, -0.1) is 0 Å². The van der Waals surface area contributed by atoms with Crippen molar-refractivity contribution in [2.45, 2.75) is 13.0 Å². The molecule has 1 unspecified atom stereocenters. The molecule has 2 aromatic rings. The fraction of sp³-hybridized carbons (Fsp3) is 0.250. The molecule has 1 aromatic heterocycles. The van der Waals surface area contributed by atoms with Crippen LogP contribution in [-0.2, 0) is 0 Å². The maximum Gasteiger partial charge on any atom is 0.271 e. The van der Waals surface area contributed by atoms with Crippen LogP contribution in [0.2, 0.25) is 0 Å². The molecule has 5 nitrogen and oxygen atoms in total. The minimum atomic E-state index is -0.329. The number of nitrogens with one attached hydrogen (secondary N) is 1. The van der Waals surface area contributed by atoms with E-state index >= 15 is 0 Å². The largest absolute Gasteiger partial charge is 0.394 e. The average Bonchev–Trinajstić information content (AvgIpc) is 2.38. The summed E-state index contributed by atoms with van der Waals surface area (Å²) in [4.78, 5) is 20.1. The topological polar surface area (TPSA) is 75.1 Å². The molecule has 0 fully saturated rings. The van der Waals surface area contributed by atoms with Crippen molar-refractivity contribution in [3.63, 3.8) is 0 Å². The Hall–Kier alpha value is -2.01. The minimum Gasteiger partial charge on any atom is -0.394 e. The van der Waals surface area contributed by atoms with Gasteiger partial charge in [-0.3, -0.25) is 9.78 Å². The van der Waals surface area contributed by atoms with Crippen molar-refractivity contribution in [3.05, 3.63) is 36.2 Å². The van der Waals surface area contributed by atoms with Gasteiger partial charge in [-0.25, -0.2) is 4.98 Å². The Balaban J connectivity index is 2.27.